The van der Waals surface area contributed by atoms with Crippen LogP contribution in [-0.2, 0) is 20.9 Å². The molecule has 106 valence electrons. The first-order valence-corrected chi connectivity index (χ1v) is 6.89. The average molecular weight is 273 g/mol. The predicted molar refractivity (Wildman–Crippen MR) is 75.6 cm³/mol. The molecule has 0 radical (unpaired) electrons. The van der Waals surface area contributed by atoms with Gasteiger partial charge in [0.2, 0.25) is 5.91 Å². The van der Waals surface area contributed by atoms with Crippen LogP contribution in [0.2, 0.25) is 0 Å². The highest BCUT2D eigenvalue weighted by Crippen LogP contribution is 2.23. The van der Waals surface area contributed by atoms with Gasteiger partial charge in [0.25, 0.3) is 0 Å². The fourth-order valence-corrected chi connectivity index (χ4v) is 2.24. The Balaban J connectivity index is 1.94. The molecule has 0 bridgehead atoms. The molecule has 4 nitrogen and oxygen atoms in total. The molecule has 0 unspecified atom stereocenters. The molecule has 1 amide bonds. The molecule has 0 N–H and O–H groups in total. The third kappa shape index (κ3) is 3.70. The van der Waals surface area contributed by atoms with E-state index in [0.717, 1.165) is 11.3 Å². The maximum Gasteiger partial charge on any atom is 0.306 e. The molecular formula is C16H19NO3. The van der Waals surface area contributed by atoms with Crippen LogP contribution >= 0.6 is 0 Å². The number of allylic oxidation sites excluding steroid dienone is 1. The number of hydrogen-bond donors (Lipinski definition) is 0. The SMILES string of the molecule is CCOC(=O)CCC1=CCC(=O)N1Cc1ccccc1. The lowest BCUT2D eigenvalue weighted by Crippen LogP contribution is -2.25. The summed E-state index contributed by atoms with van der Waals surface area (Å²) >= 11 is 0. The molecule has 0 fully saturated rings. The first-order chi connectivity index (χ1) is 9.70. The van der Waals surface area contributed by atoms with Crippen molar-refractivity contribution in [1.82, 2.24) is 4.90 Å². The number of nitrogens with zero attached hydrogens (tertiary/aromatic N) is 1. The number of rotatable bonds is 6. The molecule has 0 aliphatic carbocycles. The Labute approximate surface area is 119 Å². The van der Waals surface area contributed by atoms with E-state index in [0.29, 0.717) is 32.4 Å². The van der Waals surface area contributed by atoms with Crippen LogP contribution in [-0.4, -0.2) is 23.4 Å². The van der Waals surface area contributed by atoms with Gasteiger partial charge in [-0.05, 0) is 18.9 Å². The Hall–Kier alpha value is -2.10. The Morgan fingerprint density at radius 1 is 1.30 bits per heavy atom. The van der Waals surface area contributed by atoms with Crippen molar-refractivity contribution in [3.8, 4) is 0 Å². The van der Waals surface area contributed by atoms with Crippen LogP contribution in [0.25, 0.3) is 0 Å². The first-order valence-electron chi connectivity index (χ1n) is 6.89. The van der Waals surface area contributed by atoms with Crippen LogP contribution in [0.4, 0.5) is 0 Å². The van der Waals surface area contributed by atoms with Crippen molar-refractivity contribution >= 4 is 11.9 Å². The van der Waals surface area contributed by atoms with E-state index in [1.54, 1.807) is 11.8 Å². The van der Waals surface area contributed by atoms with Crippen LogP contribution in [0, 0.1) is 0 Å². The van der Waals surface area contributed by atoms with Gasteiger partial charge in [-0.15, -0.1) is 0 Å². The number of carbonyl (C=O) groups excluding carboxylic acids is 2. The van der Waals surface area contributed by atoms with Gasteiger partial charge in [-0.25, -0.2) is 0 Å². The number of hydrogen-bond acceptors (Lipinski definition) is 3. The Morgan fingerprint density at radius 3 is 2.75 bits per heavy atom. The fourth-order valence-electron chi connectivity index (χ4n) is 2.24. The summed E-state index contributed by atoms with van der Waals surface area (Å²) in [6.07, 6.45) is 3.20. The van der Waals surface area contributed by atoms with Gasteiger partial charge < -0.3 is 9.64 Å². The minimum atomic E-state index is -0.215. The van der Waals surface area contributed by atoms with Gasteiger partial charge in [0.15, 0.2) is 0 Å². The molecule has 2 rings (SSSR count). The first kappa shape index (κ1) is 14.3. The van der Waals surface area contributed by atoms with E-state index in [9.17, 15) is 9.59 Å². The topological polar surface area (TPSA) is 46.6 Å². The summed E-state index contributed by atoms with van der Waals surface area (Å²) in [7, 11) is 0. The summed E-state index contributed by atoms with van der Waals surface area (Å²) in [5.41, 5.74) is 2.01. The summed E-state index contributed by atoms with van der Waals surface area (Å²) in [5, 5.41) is 0. The smallest absolute Gasteiger partial charge is 0.306 e. The highest BCUT2D eigenvalue weighted by molar-refractivity contribution is 5.83. The number of ether oxygens (including phenoxy) is 1. The van der Waals surface area contributed by atoms with Gasteiger partial charge >= 0.3 is 5.97 Å². The lowest BCUT2D eigenvalue weighted by molar-refractivity contribution is -0.143. The Morgan fingerprint density at radius 2 is 2.05 bits per heavy atom. The second-order valence-electron chi connectivity index (χ2n) is 4.67. The molecule has 20 heavy (non-hydrogen) atoms. The number of benzene rings is 1. The number of esters is 1. The monoisotopic (exact) mass is 273 g/mol. The van der Waals surface area contributed by atoms with Crippen molar-refractivity contribution in [1.29, 1.82) is 0 Å². The lowest BCUT2D eigenvalue weighted by atomic mass is 10.2. The minimum absolute atomic E-state index is 0.0905. The zero-order valence-electron chi connectivity index (χ0n) is 11.7. The van der Waals surface area contributed by atoms with Crippen LogP contribution in [0.3, 0.4) is 0 Å². The summed E-state index contributed by atoms with van der Waals surface area (Å²) < 4.78 is 4.91. The molecule has 1 aromatic carbocycles. The Bertz CT molecular complexity index is 508. The molecular weight excluding hydrogens is 254 g/mol. The molecule has 4 heteroatoms. The van der Waals surface area contributed by atoms with E-state index < -0.39 is 0 Å². The molecule has 0 aromatic heterocycles. The van der Waals surface area contributed by atoms with E-state index in [4.69, 9.17) is 4.74 Å². The summed E-state index contributed by atoms with van der Waals surface area (Å²) in [4.78, 5) is 25.1. The molecule has 1 heterocycles. The second kappa shape index (κ2) is 6.89. The van der Waals surface area contributed by atoms with Crippen LogP contribution in [0.5, 0.6) is 0 Å². The largest absolute Gasteiger partial charge is 0.466 e. The van der Waals surface area contributed by atoms with Crippen molar-refractivity contribution in [2.75, 3.05) is 6.61 Å². The van der Waals surface area contributed by atoms with E-state index in [-0.39, 0.29) is 11.9 Å². The van der Waals surface area contributed by atoms with Crippen LogP contribution < -0.4 is 0 Å². The van der Waals surface area contributed by atoms with Crippen LogP contribution in [0.1, 0.15) is 31.7 Å². The van der Waals surface area contributed by atoms with Gasteiger partial charge in [0.05, 0.1) is 19.6 Å². The van der Waals surface area contributed by atoms with Gasteiger partial charge in [0, 0.05) is 12.1 Å². The number of amides is 1. The summed E-state index contributed by atoms with van der Waals surface area (Å²) in [5.74, 6) is -0.125. The molecule has 0 spiro atoms. The minimum Gasteiger partial charge on any atom is -0.466 e. The Kier molecular flexibility index (Phi) is 4.93. The predicted octanol–water partition coefficient (Wildman–Crippen LogP) is 2.65. The molecule has 0 saturated heterocycles. The molecule has 1 aromatic rings. The molecule has 0 atom stereocenters. The normalized spacial score (nSPS) is 14.3. The van der Waals surface area contributed by atoms with Crippen molar-refractivity contribution in [3.63, 3.8) is 0 Å². The summed E-state index contributed by atoms with van der Waals surface area (Å²) in [6.45, 7) is 2.75. The van der Waals surface area contributed by atoms with Gasteiger partial charge in [0.1, 0.15) is 0 Å². The van der Waals surface area contributed by atoms with Crippen molar-refractivity contribution in [2.24, 2.45) is 0 Å². The molecule has 1 aliphatic heterocycles. The maximum absolute atomic E-state index is 11.9. The third-order valence-corrected chi connectivity index (χ3v) is 3.23. The van der Waals surface area contributed by atoms with Gasteiger partial charge in [-0.1, -0.05) is 36.4 Å². The highest BCUT2D eigenvalue weighted by Gasteiger charge is 2.23. The molecule has 1 aliphatic rings. The van der Waals surface area contributed by atoms with Gasteiger partial charge in [-0.3, -0.25) is 9.59 Å². The van der Waals surface area contributed by atoms with Crippen molar-refractivity contribution in [3.05, 3.63) is 47.7 Å². The van der Waals surface area contributed by atoms with E-state index in [2.05, 4.69) is 0 Å². The second-order valence-corrected chi connectivity index (χ2v) is 4.67. The lowest BCUT2D eigenvalue weighted by Gasteiger charge is -2.20. The van der Waals surface area contributed by atoms with Gasteiger partial charge in [-0.2, -0.15) is 0 Å². The third-order valence-electron chi connectivity index (χ3n) is 3.23. The van der Waals surface area contributed by atoms with Crippen LogP contribution in [0.15, 0.2) is 42.1 Å². The quantitative estimate of drug-likeness (QED) is 0.749. The maximum atomic E-state index is 11.9. The van der Waals surface area contributed by atoms with Crippen molar-refractivity contribution in [2.45, 2.75) is 32.7 Å². The molecule has 0 saturated carbocycles. The summed E-state index contributed by atoms with van der Waals surface area (Å²) in [6, 6.07) is 9.85. The standard InChI is InChI=1S/C16H19NO3/c1-2-20-16(19)11-9-14-8-10-15(18)17(14)12-13-6-4-3-5-7-13/h3-8H,2,9-12H2,1H3. The van der Waals surface area contributed by atoms with Crippen molar-refractivity contribution < 1.29 is 14.3 Å². The fraction of sp³-hybridized carbons (Fsp3) is 0.375. The zero-order chi connectivity index (χ0) is 14.4. The number of carbonyl (C=O) groups is 2. The zero-order valence-corrected chi connectivity index (χ0v) is 11.7. The average Bonchev–Trinajstić information content (AvgIpc) is 2.79. The van der Waals surface area contributed by atoms with E-state index in [1.807, 2.05) is 36.4 Å². The highest BCUT2D eigenvalue weighted by atomic mass is 16.5. The van der Waals surface area contributed by atoms with E-state index >= 15 is 0 Å². The van der Waals surface area contributed by atoms with E-state index in [1.165, 1.54) is 0 Å².